The van der Waals surface area contributed by atoms with Gasteiger partial charge in [0.1, 0.15) is 12.0 Å². The van der Waals surface area contributed by atoms with Crippen molar-refractivity contribution in [2.45, 2.75) is 59.1 Å². The molecule has 6 heteroatoms. The summed E-state index contributed by atoms with van der Waals surface area (Å²) in [6.07, 6.45) is 0.713. The van der Waals surface area contributed by atoms with Gasteiger partial charge in [-0.15, -0.1) is 0 Å². The average molecular weight is 357 g/mol. The number of hydrogen-bond donors (Lipinski definition) is 1. The summed E-state index contributed by atoms with van der Waals surface area (Å²) in [5.74, 6) is 0.740. The molecule has 0 saturated heterocycles. The van der Waals surface area contributed by atoms with Crippen molar-refractivity contribution in [2.24, 2.45) is 5.41 Å². The van der Waals surface area contributed by atoms with E-state index in [9.17, 15) is 5.11 Å². The molecule has 0 unspecified atom stereocenters. The molecule has 0 aliphatic heterocycles. The Kier molecular flexibility index (Phi) is 7.96. The van der Waals surface area contributed by atoms with Gasteiger partial charge in [0.05, 0.1) is 12.2 Å². The van der Waals surface area contributed by atoms with E-state index in [4.69, 9.17) is 13.6 Å². The van der Waals surface area contributed by atoms with Gasteiger partial charge in [-0.3, -0.25) is 0 Å². The van der Waals surface area contributed by atoms with Crippen LogP contribution in [0.4, 0.5) is 0 Å². The Bertz CT molecular complexity index is 466. The lowest BCUT2D eigenvalue weighted by molar-refractivity contribution is -0.0855. The highest BCUT2D eigenvalue weighted by Gasteiger charge is 2.30. The van der Waals surface area contributed by atoms with Crippen LogP contribution in [0, 0.1) is 5.41 Å². The highest BCUT2D eigenvalue weighted by Crippen LogP contribution is 2.32. The molecule has 0 spiro atoms. The third kappa shape index (κ3) is 6.39. The summed E-state index contributed by atoms with van der Waals surface area (Å²) in [6.45, 7) is 12.7. The fourth-order valence-corrected chi connectivity index (χ4v) is 4.33. The van der Waals surface area contributed by atoms with Gasteiger partial charge in [-0.2, -0.15) is 0 Å². The summed E-state index contributed by atoms with van der Waals surface area (Å²) in [7, 11) is -1.02. The quantitative estimate of drug-likeness (QED) is 0.516. The number of ether oxygens (including phenoxy) is 1. The second-order valence-corrected chi connectivity index (χ2v) is 8.71. The highest BCUT2D eigenvalue weighted by molar-refractivity contribution is 6.26. The molecule has 0 heterocycles. The minimum Gasteiger partial charge on any atom is -0.493 e. The van der Waals surface area contributed by atoms with Crippen molar-refractivity contribution in [3.8, 4) is 5.75 Å². The van der Waals surface area contributed by atoms with Crippen LogP contribution in [0.1, 0.15) is 39.7 Å². The van der Waals surface area contributed by atoms with E-state index in [1.165, 1.54) is 0 Å². The third-order valence-corrected chi connectivity index (χ3v) is 5.10. The molecule has 0 fully saturated rings. The standard InChI is InChI=1S/C17H32O4Si2/c1-16(2,15(20-22-5)21-23-6)11-12-19-14-10-8-7-9-13(14)17(3,4)18/h7-10,15,18H,11-12,22-23H2,1-6H3. The number of hydrogen-bond acceptors (Lipinski definition) is 4. The lowest BCUT2D eigenvalue weighted by atomic mass is 9.89. The molecule has 0 atom stereocenters. The monoisotopic (exact) mass is 356 g/mol. The molecule has 132 valence electrons. The Morgan fingerprint density at radius 3 is 2.13 bits per heavy atom. The maximum absolute atomic E-state index is 10.2. The molecule has 1 aromatic rings. The van der Waals surface area contributed by atoms with E-state index in [-0.39, 0.29) is 11.7 Å². The van der Waals surface area contributed by atoms with Crippen LogP contribution in [0.5, 0.6) is 5.75 Å². The van der Waals surface area contributed by atoms with Gasteiger partial charge in [0.15, 0.2) is 19.5 Å². The Hall–Kier alpha value is -0.666. The van der Waals surface area contributed by atoms with Gasteiger partial charge in [-0.25, -0.2) is 0 Å². The highest BCUT2D eigenvalue weighted by atomic mass is 28.2. The first-order chi connectivity index (χ1) is 10.7. The van der Waals surface area contributed by atoms with Crippen LogP contribution in [0.2, 0.25) is 13.1 Å². The molecular formula is C17H32O4Si2. The molecule has 0 amide bonds. The van der Waals surface area contributed by atoms with Crippen molar-refractivity contribution in [2.75, 3.05) is 6.61 Å². The molecule has 0 radical (unpaired) electrons. The molecular weight excluding hydrogens is 324 g/mol. The second kappa shape index (κ2) is 8.98. The first-order valence-electron chi connectivity index (χ1n) is 8.40. The van der Waals surface area contributed by atoms with Crippen molar-refractivity contribution in [1.82, 2.24) is 0 Å². The number of benzene rings is 1. The fourth-order valence-electron chi connectivity index (χ4n) is 2.44. The van der Waals surface area contributed by atoms with Gasteiger partial charge in [0.25, 0.3) is 0 Å². The maximum Gasteiger partial charge on any atom is 0.161 e. The van der Waals surface area contributed by atoms with Crippen molar-refractivity contribution in [3.63, 3.8) is 0 Å². The van der Waals surface area contributed by atoms with E-state index in [1.807, 2.05) is 24.3 Å². The Labute approximate surface area is 145 Å². The Balaban J connectivity index is 2.69. The third-order valence-electron chi connectivity index (χ3n) is 3.82. The van der Waals surface area contributed by atoms with Gasteiger partial charge < -0.3 is 18.7 Å². The predicted molar refractivity (Wildman–Crippen MR) is 100 cm³/mol. The van der Waals surface area contributed by atoms with E-state index in [0.29, 0.717) is 6.61 Å². The summed E-state index contributed by atoms with van der Waals surface area (Å²) in [6, 6.07) is 7.65. The van der Waals surface area contributed by atoms with Crippen LogP contribution in [-0.4, -0.2) is 37.5 Å². The molecule has 1 rings (SSSR count). The second-order valence-electron chi connectivity index (χ2n) is 6.88. The lowest BCUT2D eigenvalue weighted by Crippen LogP contribution is -2.37. The van der Waals surface area contributed by atoms with E-state index in [1.54, 1.807) is 13.8 Å². The zero-order valence-electron chi connectivity index (χ0n) is 15.4. The van der Waals surface area contributed by atoms with Crippen molar-refractivity contribution in [1.29, 1.82) is 0 Å². The normalized spacial score (nSPS) is 14.9. The van der Waals surface area contributed by atoms with Crippen LogP contribution in [0.25, 0.3) is 0 Å². The van der Waals surface area contributed by atoms with Gasteiger partial charge in [-0.1, -0.05) is 45.1 Å². The lowest BCUT2D eigenvalue weighted by Gasteiger charge is -2.34. The van der Waals surface area contributed by atoms with Gasteiger partial charge in [0, 0.05) is 11.0 Å². The largest absolute Gasteiger partial charge is 0.493 e. The number of rotatable bonds is 10. The first-order valence-corrected chi connectivity index (χ1v) is 12.4. The minimum atomic E-state index is -0.914. The van der Waals surface area contributed by atoms with Gasteiger partial charge >= 0.3 is 0 Å². The average Bonchev–Trinajstić information content (AvgIpc) is 2.46. The van der Waals surface area contributed by atoms with Crippen LogP contribution < -0.4 is 4.74 Å². The molecule has 4 nitrogen and oxygen atoms in total. The van der Waals surface area contributed by atoms with Crippen molar-refractivity contribution >= 4 is 19.5 Å². The maximum atomic E-state index is 10.2. The molecule has 1 N–H and O–H groups in total. The summed E-state index contributed by atoms with van der Waals surface area (Å²) in [5.41, 5.74) is -0.193. The zero-order chi connectivity index (χ0) is 17.5. The van der Waals surface area contributed by atoms with E-state index < -0.39 is 25.1 Å². The van der Waals surface area contributed by atoms with Crippen molar-refractivity contribution in [3.05, 3.63) is 29.8 Å². The fraction of sp³-hybridized carbons (Fsp3) is 0.647. The van der Waals surface area contributed by atoms with Crippen LogP contribution in [0.3, 0.4) is 0 Å². The van der Waals surface area contributed by atoms with Crippen LogP contribution in [-0.2, 0) is 14.5 Å². The van der Waals surface area contributed by atoms with Crippen LogP contribution in [0.15, 0.2) is 24.3 Å². The first kappa shape index (κ1) is 20.4. The summed E-state index contributed by atoms with van der Waals surface area (Å²) in [5, 5.41) is 10.2. The van der Waals surface area contributed by atoms with Gasteiger partial charge in [0.2, 0.25) is 0 Å². The molecule has 0 aromatic heterocycles. The molecule has 1 aromatic carbocycles. The topological polar surface area (TPSA) is 47.9 Å². The van der Waals surface area contributed by atoms with Gasteiger partial charge in [-0.05, 0) is 26.3 Å². The summed E-state index contributed by atoms with van der Waals surface area (Å²) < 4.78 is 17.7. The van der Waals surface area contributed by atoms with E-state index in [0.717, 1.165) is 17.7 Å². The molecule has 0 bridgehead atoms. The molecule has 23 heavy (non-hydrogen) atoms. The number of para-hydroxylation sites is 1. The predicted octanol–water partition coefficient (Wildman–Crippen LogP) is 2.33. The summed E-state index contributed by atoms with van der Waals surface area (Å²) >= 11 is 0. The zero-order valence-corrected chi connectivity index (χ0v) is 18.2. The number of aliphatic hydroxyl groups is 1. The SMILES string of the molecule is C[SiH2]OC(O[SiH2]C)C(C)(C)CCOc1ccccc1C(C)(C)O. The van der Waals surface area contributed by atoms with Crippen LogP contribution >= 0.6 is 0 Å². The molecule has 0 aliphatic rings. The summed E-state index contributed by atoms with van der Waals surface area (Å²) in [4.78, 5) is 0. The minimum absolute atomic E-state index is 0.0876. The smallest absolute Gasteiger partial charge is 0.161 e. The Morgan fingerprint density at radius 1 is 1.04 bits per heavy atom. The molecule has 0 saturated carbocycles. The van der Waals surface area contributed by atoms with E-state index in [2.05, 4.69) is 26.9 Å². The van der Waals surface area contributed by atoms with Crippen molar-refractivity contribution < 1.29 is 18.7 Å². The molecule has 0 aliphatic carbocycles. The van der Waals surface area contributed by atoms with E-state index >= 15 is 0 Å². The Morgan fingerprint density at radius 2 is 1.61 bits per heavy atom.